The molecule has 3 nitrogen and oxygen atoms in total. The summed E-state index contributed by atoms with van der Waals surface area (Å²) in [6.45, 7) is 4.73. The molecule has 3 unspecified atom stereocenters. The van der Waals surface area contributed by atoms with Crippen LogP contribution in [0.3, 0.4) is 0 Å². The SMILES string of the molecule is CC1/C=C/C=C\C=C\CC(C)C(O)C\C=C/C=C/C=C\C(=O)NC1. The van der Waals surface area contributed by atoms with Crippen molar-refractivity contribution in [3.63, 3.8) is 0 Å². The highest BCUT2D eigenvalue weighted by molar-refractivity contribution is 5.87. The highest BCUT2D eigenvalue weighted by Crippen LogP contribution is 2.12. The van der Waals surface area contributed by atoms with Crippen LogP contribution in [0.15, 0.2) is 72.9 Å². The minimum atomic E-state index is -0.351. The number of carbonyl (C=O) groups is 1. The van der Waals surface area contributed by atoms with E-state index in [-0.39, 0.29) is 23.8 Å². The Labute approximate surface area is 145 Å². The molecular weight excluding hydrogens is 298 g/mol. The number of rotatable bonds is 0. The molecule has 0 spiro atoms. The van der Waals surface area contributed by atoms with Crippen LogP contribution in [0.2, 0.25) is 0 Å². The summed E-state index contributed by atoms with van der Waals surface area (Å²) in [5.74, 6) is 0.393. The van der Waals surface area contributed by atoms with Gasteiger partial charge in [0.1, 0.15) is 0 Å². The van der Waals surface area contributed by atoms with Gasteiger partial charge in [-0.15, -0.1) is 0 Å². The molecule has 0 aromatic carbocycles. The third-order valence-electron chi connectivity index (χ3n) is 3.77. The Bertz CT molecular complexity index is 538. The molecule has 0 saturated heterocycles. The second kappa shape index (κ2) is 12.3. The van der Waals surface area contributed by atoms with Crippen LogP contribution >= 0.6 is 0 Å². The van der Waals surface area contributed by atoms with E-state index in [0.717, 1.165) is 6.42 Å². The number of hydrogen-bond donors (Lipinski definition) is 2. The maximum Gasteiger partial charge on any atom is 0.243 e. The van der Waals surface area contributed by atoms with Gasteiger partial charge in [0.2, 0.25) is 5.91 Å². The molecule has 1 aliphatic rings. The quantitative estimate of drug-likeness (QED) is 0.709. The van der Waals surface area contributed by atoms with E-state index in [2.05, 4.69) is 31.3 Å². The molecule has 3 heteroatoms. The standard InChI is InChI=1S/C21H29NO2/c1-18-13-9-5-3-6-10-14-19(2)20(23)15-11-7-4-8-12-16-21(24)22-17-18/h3-13,16,18-20,23H,14-15,17H2,1-2H3,(H,22,24)/b5-3-,8-4+,10-6+,11-7-,13-9+,16-12-. The zero-order valence-corrected chi connectivity index (χ0v) is 14.6. The number of hydrogen-bond acceptors (Lipinski definition) is 2. The second-order valence-corrected chi connectivity index (χ2v) is 6.11. The molecule has 130 valence electrons. The molecule has 0 bridgehead atoms. The monoisotopic (exact) mass is 327 g/mol. The van der Waals surface area contributed by atoms with E-state index in [9.17, 15) is 9.90 Å². The number of amides is 1. The Morgan fingerprint density at radius 3 is 2.29 bits per heavy atom. The summed E-state index contributed by atoms with van der Waals surface area (Å²) in [6.07, 6.45) is 23.9. The van der Waals surface area contributed by atoms with Crippen LogP contribution in [0, 0.1) is 11.8 Å². The van der Waals surface area contributed by atoms with Crippen molar-refractivity contribution in [3.05, 3.63) is 72.9 Å². The Balaban J connectivity index is 2.70. The molecule has 0 radical (unpaired) electrons. The molecule has 1 heterocycles. The molecule has 3 atom stereocenters. The molecule has 1 amide bonds. The molecule has 0 aliphatic carbocycles. The summed E-state index contributed by atoms with van der Waals surface area (Å²) in [4.78, 5) is 11.7. The Morgan fingerprint density at radius 2 is 1.54 bits per heavy atom. The average molecular weight is 327 g/mol. The van der Waals surface area contributed by atoms with E-state index in [4.69, 9.17) is 0 Å². The van der Waals surface area contributed by atoms with E-state index in [1.165, 1.54) is 6.08 Å². The first kappa shape index (κ1) is 19.9. The van der Waals surface area contributed by atoms with Crippen LogP contribution in [0.4, 0.5) is 0 Å². The maximum atomic E-state index is 11.7. The molecule has 1 aliphatic heterocycles. The van der Waals surface area contributed by atoms with Crippen molar-refractivity contribution in [2.45, 2.75) is 32.8 Å². The van der Waals surface area contributed by atoms with Crippen molar-refractivity contribution in [3.8, 4) is 0 Å². The zero-order valence-electron chi connectivity index (χ0n) is 14.6. The van der Waals surface area contributed by atoms with E-state index < -0.39 is 0 Å². The topological polar surface area (TPSA) is 49.3 Å². The Morgan fingerprint density at radius 1 is 0.917 bits per heavy atom. The van der Waals surface area contributed by atoms with E-state index in [1.807, 2.05) is 42.5 Å². The van der Waals surface area contributed by atoms with Crippen molar-refractivity contribution in [2.24, 2.45) is 11.8 Å². The Kier molecular flexibility index (Phi) is 10.2. The lowest BCUT2D eigenvalue weighted by Crippen LogP contribution is -2.25. The van der Waals surface area contributed by atoms with Gasteiger partial charge in [-0.1, -0.05) is 80.7 Å². The number of aliphatic hydroxyl groups excluding tert-OH is 1. The van der Waals surface area contributed by atoms with E-state index in [0.29, 0.717) is 13.0 Å². The van der Waals surface area contributed by atoms with E-state index in [1.54, 1.807) is 12.2 Å². The lowest BCUT2D eigenvalue weighted by Gasteiger charge is -2.15. The number of nitrogens with one attached hydrogen (secondary N) is 1. The van der Waals surface area contributed by atoms with Gasteiger partial charge in [0.05, 0.1) is 6.10 Å². The van der Waals surface area contributed by atoms with Gasteiger partial charge in [0, 0.05) is 12.6 Å². The average Bonchev–Trinajstić information content (AvgIpc) is 2.57. The van der Waals surface area contributed by atoms with Gasteiger partial charge in [0.15, 0.2) is 0 Å². The van der Waals surface area contributed by atoms with Gasteiger partial charge >= 0.3 is 0 Å². The molecule has 0 saturated carbocycles. The predicted octanol–water partition coefficient (Wildman–Crippen LogP) is 3.87. The summed E-state index contributed by atoms with van der Waals surface area (Å²) in [5, 5.41) is 13.0. The first-order chi connectivity index (χ1) is 11.6. The largest absolute Gasteiger partial charge is 0.393 e. The molecular formula is C21H29NO2. The maximum absolute atomic E-state index is 11.7. The highest BCUT2D eigenvalue weighted by Gasteiger charge is 2.10. The van der Waals surface area contributed by atoms with Crippen molar-refractivity contribution in [1.82, 2.24) is 5.32 Å². The summed E-state index contributed by atoms with van der Waals surface area (Å²) >= 11 is 0. The predicted molar refractivity (Wildman–Crippen MR) is 101 cm³/mol. The molecule has 1 rings (SSSR count). The lowest BCUT2D eigenvalue weighted by molar-refractivity contribution is -0.116. The molecule has 0 fully saturated rings. The molecule has 0 aromatic heterocycles. The third-order valence-corrected chi connectivity index (χ3v) is 3.77. The normalized spacial score (nSPS) is 35.1. The first-order valence-electron chi connectivity index (χ1n) is 8.55. The summed E-state index contributed by atoms with van der Waals surface area (Å²) in [6, 6.07) is 0. The van der Waals surface area contributed by atoms with Gasteiger partial charge in [0.25, 0.3) is 0 Å². The van der Waals surface area contributed by atoms with Crippen LogP contribution in [-0.4, -0.2) is 23.7 Å². The molecule has 2 N–H and O–H groups in total. The van der Waals surface area contributed by atoms with E-state index >= 15 is 0 Å². The van der Waals surface area contributed by atoms with Crippen LogP contribution in [0.5, 0.6) is 0 Å². The van der Waals surface area contributed by atoms with Gasteiger partial charge in [-0.2, -0.15) is 0 Å². The van der Waals surface area contributed by atoms with Crippen molar-refractivity contribution < 1.29 is 9.90 Å². The van der Waals surface area contributed by atoms with Gasteiger partial charge in [-0.25, -0.2) is 0 Å². The van der Waals surface area contributed by atoms with Gasteiger partial charge in [-0.3, -0.25) is 4.79 Å². The summed E-state index contributed by atoms with van der Waals surface area (Å²) < 4.78 is 0. The number of aliphatic hydroxyl groups is 1. The highest BCUT2D eigenvalue weighted by atomic mass is 16.3. The molecule has 24 heavy (non-hydrogen) atoms. The molecule has 0 aromatic rings. The van der Waals surface area contributed by atoms with Crippen LogP contribution in [0.25, 0.3) is 0 Å². The van der Waals surface area contributed by atoms with Crippen LogP contribution < -0.4 is 5.32 Å². The van der Waals surface area contributed by atoms with Gasteiger partial charge < -0.3 is 10.4 Å². The van der Waals surface area contributed by atoms with Crippen LogP contribution in [-0.2, 0) is 4.79 Å². The smallest absolute Gasteiger partial charge is 0.243 e. The fourth-order valence-electron chi connectivity index (χ4n) is 2.10. The van der Waals surface area contributed by atoms with Crippen molar-refractivity contribution in [2.75, 3.05) is 6.54 Å². The van der Waals surface area contributed by atoms with Crippen molar-refractivity contribution >= 4 is 5.91 Å². The minimum absolute atomic E-state index is 0.0963. The second-order valence-electron chi connectivity index (χ2n) is 6.11. The minimum Gasteiger partial charge on any atom is -0.393 e. The fourth-order valence-corrected chi connectivity index (χ4v) is 2.10. The lowest BCUT2D eigenvalue weighted by atomic mass is 9.98. The Hall–Kier alpha value is -2.13. The number of allylic oxidation sites excluding steroid dienone is 9. The van der Waals surface area contributed by atoms with Crippen LogP contribution in [0.1, 0.15) is 26.7 Å². The summed E-state index contributed by atoms with van der Waals surface area (Å²) in [7, 11) is 0. The third kappa shape index (κ3) is 9.80. The zero-order chi connectivity index (χ0) is 17.6. The summed E-state index contributed by atoms with van der Waals surface area (Å²) in [5.41, 5.74) is 0. The van der Waals surface area contributed by atoms with Gasteiger partial charge in [-0.05, 0) is 24.7 Å². The fraction of sp³-hybridized carbons (Fsp3) is 0.381. The van der Waals surface area contributed by atoms with Crippen molar-refractivity contribution in [1.29, 1.82) is 0 Å². The first-order valence-corrected chi connectivity index (χ1v) is 8.55. The number of carbonyl (C=O) groups excluding carboxylic acids is 1.